The van der Waals surface area contributed by atoms with E-state index in [0.717, 1.165) is 51.9 Å². The Labute approximate surface area is 104 Å². The highest BCUT2D eigenvalue weighted by Crippen LogP contribution is 2.35. The zero-order chi connectivity index (χ0) is 12.3. The first-order chi connectivity index (χ1) is 8.14. The Kier molecular flexibility index (Phi) is 4.03. The minimum absolute atomic E-state index is 0.339. The van der Waals surface area contributed by atoms with E-state index >= 15 is 0 Å². The summed E-state index contributed by atoms with van der Waals surface area (Å²) in [5.74, 6) is 0.380. The summed E-state index contributed by atoms with van der Waals surface area (Å²) in [5, 5.41) is 9.17. The molecule has 2 fully saturated rings. The highest BCUT2D eigenvalue weighted by atomic mass is 16.5. The Morgan fingerprint density at radius 3 is 3.12 bits per heavy atom. The van der Waals surface area contributed by atoms with Crippen LogP contribution in [0.4, 0.5) is 0 Å². The number of ether oxygens (including phenoxy) is 1. The van der Waals surface area contributed by atoms with E-state index in [-0.39, 0.29) is 0 Å². The Morgan fingerprint density at radius 2 is 2.41 bits per heavy atom. The molecule has 1 aliphatic carbocycles. The molecule has 0 aromatic carbocycles. The van der Waals surface area contributed by atoms with Crippen LogP contribution in [0, 0.1) is 17.2 Å². The molecule has 2 rings (SSSR count). The lowest BCUT2D eigenvalue weighted by atomic mass is 9.87. The first-order valence-corrected chi connectivity index (χ1v) is 6.68. The van der Waals surface area contributed by atoms with Crippen molar-refractivity contribution in [1.29, 1.82) is 5.26 Å². The molecule has 4 heteroatoms. The highest BCUT2D eigenvalue weighted by Gasteiger charge is 2.39. The second-order valence-electron chi connectivity index (χ2n) is 5.51. The number of nitrogens with two attached hydrogens (primary N) is 1. The quantitative estimate of drug-likeness (QED) is 0.799. The molecule has 0 spiro atoms. The van der Waals surface area contributed by atoms with E-state index in [9.17, 15) is 0 Å². The monoisotopic (exact) mass is 237 g/mol. The predicted octanol–water partition coefficient (Wildman–Crippen LogP) is 1.12. The average molecular weight is 237 g/mol. The summed E-state index contributed by atoms with van der Waals surface area (Å²) in [5.41, 5.74) is 5.58. The summed E-state index contributed by atoms with van der Waals surface area (Å²) in [6.45, 7) is 6.03. The maximum Gasteiger partial charge on any atom is 0.107 e. The van der Waals surface area contributed by atoms with Crippen molar-refractivity contribution in [2.75, 3.05) is 26.2 Å². The SMILES string of the molecule is CC1CN(CCC2CCCC2(N)C#N)CCO1. The molecular formula is C13H23N3O. The third-order valence-electron chi connectivity index (χ3n) is 4.20. The number of nitrogens with zero attached hydrogens (tertiary/aromatic N) is 2. The molecule has 96 valence electrons. The van der Waals surface area contributed by atoms with Gasteiger partial charge in [0.2, 0.25) is 0 Å². The van der Waals surface area contributed by atoms with Gasteiger partial charge in [0.1, 0.15) is 5.54 Å². The van der Waals surface area contributed by atoms with Crippen molar-refractivity contribution in [3.05, 3.63) is 0 Å². The molecule has 1 heterocycles. The van der Waals surface area contributed by atoms with Crippen molar-refractivity contribution in [2.24, 2.45) is 11.7 Å². The minimum atomic E-state index is -0.558. The Bertz CT molecular complexity index is 302. The third kappa shape index (κ3) is 2.98. The fourth-order valence-corrected chi connectivity index (χ4v) is 3.08. The van der Waals surface area contributed by atoms with Crippen LogP contribution in [0.2, 0.25) is 0 Å². The summed E-state index contributed by atoms with van der Waals surface area (Å²) in [7, 11) is 0. The first kappa shape index (κ1) is 12.8. The Hall–Kier alpha value is -0.630. The van der Waals surface area contributed by atoms with Gasteiger partial charge < -0.3 is 10.5 Å². The van der Waals surface area contributed by atoms with Crippen LogP contribution in [0.1, 0.15) is 32.6 Å². The molecule has 2 aliphatic rings. The molecule has 0 aromatic rings. The van der Waals surface area contributed by atoms with Gasteiger partial charge >= 0.3 is 0 Å². The smallest absolute Gasteiger partial charge is 0.107 e. The van der Waals surface area contributed by atoms with Crippen LogP contribution in [-0.4, -0.2) is 42.8 Å². The highest BCUT2D eigenvalue weighted by molar-refractivity contribution is 5.11. The largest absolute Gasteiger partial charge is 0.376 e. The topological polar surface area (TPSA) is 62.3 Å². The van der Waals surface area contributed by atoms with Crippen molar-refractivity contribution < 1.29 is 4.74 Å². The van der Waals surface area contributed by atoms with Gasteiger partial charge in [-0.1, -0.05) is 6.42 Å². The van der Waals surface area contributed by atoms with E-state index in [1.54, 1.807) is 0 Å². The summed E-state index contributed by atoms with van der Waals surface area (Å²) >= 11 is 0. The Balaban J connectivity index is 1.80. The molecule has 17 heavy (non-hydrogen) atoms. The molecule has 3 atom stereocenters. The zero-order valence-corrected chi connectivity index (χ0v) is 10.7. The molecule has 0 radical (unpaired) electrons. The molecule has 4 nitrogen and oxygen atoms in total. The van der Waals surface area contributed by atoms with E-state index in [1.807, 2.05) is 0 Å². The molecule has 2 N–H and O–H groups in total. The number of hydrogen-bond donors (Lipinski definition) is 1. The van der Waals surface area contributed by atoms with Crippen LogP contribution >= 0.6 is 0 Å². The third-order valence-corrected chi connectivity index (χ3v) is 4.20. The normalized spacial score (nSPS) is 39.1. The molecule has 1 aliphatic heterocycles. The number of nitriles is 1. The van der Waals surface area contributed by atoms with E-state index in [4.69, 9.17) is 15.7 Å². The van der Waals surface area contributed by atoms with Crippen molar-refractivity contribution in [3.63, 3.8) is 0 Å². The standard InChI is InChI=1S/C13H23N3O/c1-11-9-16(7-8-17-11)6-4-12-3-2-5-13(12,15)10-14/h11-12H,2-9,15H2,1H3. The summed E-state index contributed by atoms with van der Waals surface area (Å²) in [6.07, 6.45) is 4.48. The number of morpholine rings is 1. The lowest BCUT2D eigenvalue weighted by Gasteiger charge is -2.33. The predicted molar refractivity (Wildman–Crippen MR) is 66.3 cm³/mol. The van der Waals surface area contributed by atoms with Crippen molar-refractivity contribution >= 4 is 0 Å². The summed E-state index contributed by atoms with van der Waals surface area (Å²) in [4.78, 5) is 2.43. The van der Waals surface area contributed by atoms with Gasteiger partial charge in [0.05, 0.1) is 18.8 Å². The van der Waals surface area contributed by atoms with Crippen LogP contribution in [0.5, 0.6) is 0 Å². The van der Waals surface area contributed by atoms with Crippen LogP contribution < -0.4 is 5.73 Å². The molecule has 0 bridgehead atoms. The molecule has 0 aromatic heterocycles. The van der Waals surface area contributed by atoms with Gasteiger partial charge in [-0.3, -0.25) is 4.90 Å². The maximum absolute atomic E-state index is 9.17. The minimum Gasteiger partial charge on any atom is -0.376 e. The van der Waals surface area contributed by atoms with E-state index in [0.29, 0.717) is 12.0 Å². The van der Waals surface area contributed by atoms with Crippen LogP contribution in [0.25, 0.3) is 0 Å². The van der Waals surface area contributed by atoms with Crippen molar-refractivity contribution in [3.8, 4) is 6.07 Å². The van der Waals surface area contributed by atoms with E-state index in [1.165, 1.54) is 0 Å². The molecule has 0 amide bonds. The molecule has 1 saturated carbocycles. The zero-order valence-electron chi connectivity index (χ0n) is 10.7. The second kappa shape index (κ2) is 5.34. The van der Waals surface area contributed by atoms with E-state index in [2.05, 4.69) is 17.9 Å². The van der Waals surface area contributed by atoms with Crippen LogP contribution in [0.15, 0.2) is 0 Å². The van der Waals surface area contributed by atoms with Crippen LogP contribution in [-0.2, 0) is 4.74 Å². The second-order valence-corrected chi connectivity index (χ2v) is 5.51. The molecule has 3 unspecified atom stereocenters. The fourth-order valence-electron chi connectivity index (χ4n) is 3.08. The lowest BCUT2D eigenvalue weighted by molar-refractivity contribution is -0.0200. The van der Waals surface area contributed by atoms with Gasteiger partial charge in [-0.2, -0.15) is 5.26 Å². The Morgan fingerprint density at radius 1 is 1.59 bits per heavy atom. The number of hydrogen-bond acceptors (Lipinski definition) is 4. The molecule has 1 saturated heterocycles. The summed E-state index contributed by atoms with van der Waals surface area (Å²) < 4.78 is 5.52. The number of rotatable bonds is 3. The fraction of sp³-hybridized carbons (Fsp3) is 0.923. The van der Waals surface area contributed by atoms with Gasteiger partial charge in [-0.05, 0) is 38.6 Å². The van der Waals surface area contributed by atoms with Gasteiger partial charge in [0, 0.05) is 13.1 Å². The van der Waals surface area contributed by atoms with Crippen LogP contribution in [0.3, 0.4) is 0 Å². The van der Waals surface area contributed by atoms with E-state index < -0.39 is 5.54 Å². The van der Waals surface area contributed by atoms with Gasteiger partial charge in [0.15, 0.2) is 0 Å². The average Bonchev–Trinajstić information content (AvgIpc) is 2.69. The van der Waals surface area contributed by atoms with Gasteiger partial charge in [-0.15, -0.1) is 0 Å². The maximum atomic E-state index is 9.17. The lowest BCUT2D eigenvalue weighted by Crippen LogP contribution is -2.45. The van der Waals surface area contributed by atoms with Gasteiger partial charge in [-0.25, -0.2) is 0 Å². The summed E-state index contributed by atoms with van der Waals surface area (Å²) in [6, 6.07) is 2.32. The first-order valence-electron chi connectivity index (χ1n) is 6.68. The van der Waals surface area contributed by atoms with Crippen molar-refractivity contribution in [1.82, 2.24) is 4.90 Å². The van der Waals surface area contributed by atoms with Gasteiger partial charge in [0.25, 0.3) is 0 Å². The van der Waals surface area contributed by atoms with Crippen molar-refractivity contribution in [2.45, 2.75) is 44.2 Å². The molecular weight excluding hydrogens is 214 g/mol.